The third-order valence-electron chi connectivity index (χ3n) is 6.83. The van der Waals surface area contributed by atoms with Crippen LogP contribution in [0.5, 0.6) is 0 Å². The predicted molar refractivity (Wildman–Crippen MR) is 112 cm³/mol. The minimum atomic E-state index is -2.00. The molecule has 0 bridgehead atoms. The molecule has 0 unspecified atom stereocenters. The summed E-state index contributed by atoms with van der Waals surface area (Å²) in [5.74, 6) is 0.750. The van der Waals surface area contributed by atoms with E-state index in [9.17, 15) is 4.79 Å². The van der Waals surface area contributed by atoms with Crippen LogP contribution in [0.25, 0.3) is 0 Å². The highest BCUT2D eigenvalue weighted by Gasteiger charge is 2.42. The minimum absolute atomic E-state index is 0.0513. The molecule has 1 aliphatic carbocycles. The molecule has 0 heterocycles. The lowest BCUT2D eigenvalue weighted by atomic mass is 9.82. The van der Waals surface area contributed by atoms with Gasteiger partial charge in [-0.15, -0.1) is 0 Å². The molecular formula is C20H42O3Si2. The average molecular weight is 387 g/mol. The van der Waals surface area contributed by atoms with Crippen molar-refractivity contribution in [1.82, 2.24) is 0 Å². The van der Waals surface area contributed by atoms with E-state index in [2.05, 4.69) is 67.7 Å². The Morgan fingerprint density at radius 3 is 1.68 bits per heavy atom. The van der Waals surface area contributed by atoms with Crippen molar-refractivity contribution in [3.05, 3.63) is 0 Å². The molecule has 148 valence electrons. The largest absolute Gasteiger partial charge is 0.519 e. The van der Waals surface area contributed by atoms with E-state index in [4.69, 9.17) is 8.85 Å². The molecule has 0 N–H and O–H groups in total. The molecule has 3 nitrogen and oxygen atoms in total. The lowest BCUT2D eigenvalue weighted by Crippen LogP contribution is -2.44. The van der Waals surface area contributed by atoms with Crippen molar-refractivity contribution >= 4 is 22.6 Å². The predicted octanol–water partition coefficient (Wildman–Crippen LogP) is 6.36. The molecule has 0 aromatic carbocycles. The quantitative estimate of drug-likeness (QED) is 0.515. The summed E-state index contributed by atoms with van der Waals surface area (Å²) in [6.07, 6.45) is 4.09. The third kappa shape index (κ3) is 6.21. The molecule has 0 atom stereocenters. The Balaban J connectivity index is 2.48. The molecule has 0 spiro atoms. The van der Waals surface area contributed by atoms with Gasteiger partial charge >= 0.3 is 0 Å². The molecule has 1 fully saturated rings. The van der Waals surface area contributed by atoms with Gasteiger partial charge in [-0.2, -0.15) is 0 Å². The maximum atomic E-state index is 12.6. The maximum Gasteiger partial charge on any atom is 0.295 e. The summed E-state index contributed by atoms with van der Waals surface area (Å²) in [5.41, 5.74) is 0. The van der Waals surface area contributed by atoms with Crippen molar-refractivity contribution < 1.29 is 13.6 Å². The molecular weight excluding hydrogens is 344 g/mol. The van der Waals surface area contributed by atoms with Crippen LogP contribution in [0.4, 0.5) is 0 Å². The highest BCUT2D eigenvalue weighted by molar-refractivity contribution is 6.75. The number of rotatable bonds is 5. The van der Waals surface area contributed by atoms with Gasteiger partial charge in [0.15, 0.2) is 8.32 Å². The zero-order valence-electron chi connectivity index (χ0n) is 18.4. The number of hydrogen-bond donors (Lipinski definition) is 0. The van der Waals surface area contributed by atoms with E-state index in [1.807, 2.05) is 0 Å². The van der Waals surface area contributed by atoms with Crippen LogP contribution >= 0.6 is 0 Å². The molecule has 25 heavy (non-hydrogen) atoms. The van der Waals surface area contributed by atoms with Gasteiger partial charge in [0.05, 0.1) is 5.92 Å². The zero-order chi connectivity index (χ0) is 19.7. The topological polar surface area (TPSA) is 35.5 Å². The van der Waals surface area contributed by atoms with Crippen LogP contribution in [-0.2, 0) is 13.6 Å². The third-order valence-corrected chi connectivity index (χ3v) is 15.7. The number of carbonyl (C=O) groups is 1. The minimum Gasteiger partial charge on any atom is -0.519 e. The van der Waals surface area contributed by atoms with Crippen LogP contribution in [0.15, 0.2) is 0 Å². The molecule has 0 aromatic heterocycles. The Morgan fingerprint density at radius 2 is 1.28 bits per heavy atom. The second-order valence-electron chi connectivity index (χ2n) is 11.0. The molecule has 1 rings (SSSR count). The summed E-state index contributed by atoms with van der Waals surface area (Å²) < 4.78 is 12.4. The molecule has 5 heteroatoms. The van der Waals surface area contributed by atoms with E-state index in [-0.39, 0.29) is 22.0 Å². The first-order valence-corrected chi connectivity index (χ1v) is 15.8. The summed E-state index contributed by atoms with van der Waals surface area (Å²) in [7, 11) is -3.67. The summed E-state index contributed by atoms with van der Waals surface area (Å²) in [6, 6.07) is 0. The fourth-order valence-electron chi connectivity index (χ4n) is 2.60. The van der Waals surface area contributed by atoms with Gasteiger partial charge in [-0.3, -0.25) is 4.79 Å². The van der Waals surface area contributed by atoms with E-state index < -0.39 is 16.6 Å². The zero-order valence-corrected chi connectivity index (χ0v) is 20.4. The Kier molecular flexibility index (Phi) is 7.19. The Bertz CT molecular complexity index is 451. The summed E-state index contributed by atoms with van der Waals surface area (Å²) in [4.78, 5) is 12.6. The Morgan fingerprint density at radius 1 is 0.840 bits per heavy atom. The summed E-state index contributed by atoms with van der Waals surface area (Å²) in [6.45, 7) is 23.2. The van der Waals surface area contributed by atoms with E-state index in [0.717, 1.165) is 32.3 Å². The van der Waals surface area contributed by atoms with Crippen LogP contribution in [0, 0.1) is 11.8 Å². The van der Waals surface area contributed by atoms with Crippen LogP contribution < -0.4 is 0 Å². The monoisotopic (exact) mass is 386 g/mol. The second-order valence-corrected chi connectivity index (χ2v) is 20.5. The molecule has 0 aliphatic heterocycles. The van der Waals surface area contributed by atoms with Crippen molar-refractivity contribution in [2.75, 3.05) is 6.61 Å². The highest BCUT2D eigenvalue weighted by atomic mass is 28.4. The van der Waals surface area contributed by atoms with Gasteiger partial charge in [-0.05, 0) is 67.9 Å². The van der Waals surface area contributed by atoms with Crippen LogP contribution in [-0.4, -0.2) is 29.2 Å². The fraction of sp³-hybridized carbons (Fsp3) is 0.950. The standard InChI is InChI=1S/C20H42O3Si2/c1-19(2,3)24(7,8)22-15-16-11-13-17(14-12-16)18(21)23-25(9,10)20(4,5)6/h16-17H,11-15H2,1-10H3. The van der Waals surface area contributed by atoms with Gasteiger partial charge in [-0.1, -0.05) is 41.5 Å². The first-order chi connectivity index (χ1) is 11.1. The second kappa shape index (κ2) is 7.85. The average Bonchev–Trinajstić information content (AvgIpc) is 2.42. The molecule has 1 aliphatic rings. The van der Waals surface area contributed by atoms with Gasteiger partial charge in [0.2, 0.25) is 0 Å². The van der Waals surface area contributed by atoms with E-state index in [1.54, 1.807) is 0 Å². The number of carbonyl (C=O) groups excluding carboxylic acids is 1. The smallest absolute Gasteiger partial charge is 0.295 e. The molecule has 0 aromatic rings. The van der Waals surface area contributed by atoms with Gasteiger partial charge in [0, 0.05) is 6.61 Å². The fourth-order valence-corrected chi connectivity index (χ4v) is 4.66. The van der Waals surface area contributed by atoms with Gasteiger partial charge in [0.25, 0.3) is 14.3 Å². The van der Waals surface area contributed by atoms with Crippen LogP contribution in [0.2, 0.25) is 36.3 Å². The van der Waals surface area contributed by atoms with Crippen molar-refractivity contribution in [2.24, 2.45) is 11.8 Å². The Hall–Kier alpha value is -0.136. The lowest BCUT2D eigenvalue weighted by molar-refractivity contribution is -0.141. The van der Waals surface area contributed by atoms with Crippen molar-refractivity contribution in [1.29, 1.82) is 0 Å². The van der Waals surface area contributed by atoms with Crippen molar-refractivity contribution in [2.45, 2.75) is 103 Å². The molecule has 0 saturated heterocycles. The first kappa shape index (κ1) is 22.9. The SMILES string of the molecule is CC(C)(C)[Si](C)(C)OCC1CCC(C(=O)O[Si](C)(C)C(C)(C)C)CC1. The number of hydrogen-bond acceptors (Lipinski definition) is 3. The lowest BCUT2D eigenvalue weighted by Gasteiger charge is -2.39. The molecule has 1 saturated carbocycles. The van der Waals surface area contributed by atoms with Gasteiger partial charge < -0.3 is 8.85 Å². The summed E-state index contributed by atoms with van der Waals surface area (Å²) in [5, 5.41) is 0.341. The maximum absolute atomic E-state index is 12.6. The van der Waals surface area contributed by atoms with Crippen LogP contribution in [0.1, 0.15) is 67.2 Å². The van der Waals surface area contributed by atoms with E-state index in [1.165, 1.54) is 0 Å². The normalized spacial score (nSPS) is 23.4. The highest BCUT2D eigenvalue weighted by Crippen LogP contribution is 2.40. The van der Waals surface area contributed by atoms with Crippen molar-refractivity contribution in [3.63, 3.8) is 0 Å². The molecule has 0 radical (unpaired) electrons. The van der Waals surface area contributed by atoms with Crippen LogP contribution in [0.3, 0.4) is 0 Å². The summed E-state index contributed by atoms with van der Waals surface area (Å²) >= 11 is 0. The Labute approximate surface area is 158 Å². The first-order valence-electron chi connectivity index (χ1n) is 9.94. The van der Waals surface area contributed by atoms with Gasteiger partial charge in [-0.25, -0.2) is 0 Å². The van der Waals surface area contributed by atoms with E-state index >= 15 is 0 Å². The van der Waals surface area contributed by atoms with Gasteiger partial charge in [0.1, 0.15) is 0 Å². The molecule has 0 amide bonds. The van der Waals surface area contributed by atoms with E-state index in [0.29, 0.717) is 5.92 Å². The van der Waals surface area contributed by atoms with Crippen molar-refractivity contribution in [3.8, 4) is 0 Å².